The third kappa shape index (κ3) is 5.62. The molecule has 35 heavy (non-hydrogen) atoms. The van der Waals surface area contributed by atoms with Crippen molar-refractivity contribution in [1.29, 1.82) is 0 Å². The highest BCUT2D eigenvalue weighted by Crippen LogP contribution is 2.34. The lowest BCUT2D eigenvalue weighted by Gasteiger charge is -2.36. The maximum Gasteiger partial charge on any atom is 0.399 e. The summed E-state index contributed by atoms with van der Waals surface area (Å²) in [5, 5.41) is 5.92. The number of ether oxygens (including phenoxy) is 3. The number of benzene rings is 1. The SMILES string of the molecule is COc1nc(NC2CN(C)C2)nc(OC)c1NC(=O)c1coc(Oc2cccc(C(C)(C)C)c2)n1. The standard InChI is InChI=1S/C24H30N6O5/c1-24(2,3)14-8-7-9-16(10-14)35-23-26-17(13-34-23)19(31)27-18-20(32-5)28-22(29-21(18)33-6)25-15-11-30(4)12-15/h7-10,13,15H,11-12H2,1-6H3,(H,27,31)(H,25,28,29). The number of anilines is 2. The molecular formula is C24H30N6O5. The number of methoxy groups -OCH3 is 2. The van der Waals surface area contributed by atoms with E-state index in [2.05, 4.69) is 51.3 Å². The van der Waals surface area contributed by atoms with Gasteiger partial charge in [-0.05, 0) is 30.2 Å². The Morgan fingerprint density at radius 2 is 1.80 bits per heavy atom. The van der Waals surface area contributed by atoms with Crippen LogP contribution in [0.3, 0.4) is 0 Å². The summed E-state index contributed by atoms with van der Waals surface area (Å²) in [5.41, 5.74) is 1.25. The number of carbonyl (C=O) groups is 1. The molecule has 0 saturated carbocycles. The van der Waals surface area contributed by atoms with Gasteiger partial charge >= 0.3 is 6.08 Å². The molecule has 1 aliphatic heterocycles. The number of nitrogens with zero attached hydrogens (tertiary/aromatic N) is 4. The lowest BCUT2D eigenvalue weighted by atomic mass is 9.87. The van der Waals surface area contributed by atoms with Crippen molar-refractivity contribution in [3.05, 3.63) is 41.8 Å². The van der Waals surface area contributed by atoms with Gasteiger partial charge in [0.1, 0.15) is 12.0 Å². The lowest BCUT2D eigenvalue weighted by molar-refractivity contribution is 0.102. The second-order valence-corrected chi connectivity index (χ2v) is 9.34. The minimum atomic E-state index is -0.562. The maximum atomic E-state index is 12.9. The molecule has 3 aromatic rings. The van der Waals surface area contributed by atoms with Gasteiger partial charge in [0.05, 0.1) is 20.3 Å². The third-order valence-electron chi connectivity index (χ3n) is 5.49. The first-order chi connectivity index (χ1) is 16.7. The highest BCUT2D eigenvalue weighted by molar-refractivity contribution is 6.04. The van der Waals surface area contributed by atoms with Gasteiger partial charge in [-0.15, -0.1) is 0 Å². The topological polar surface area (TPSA) is 124 Å². The summed E-state index contributed by atoms with van der Waals surface area (Å²) < 4.78 is 21.8. The quantitative estimate of drug-likeness (QED) is 0.492. The molecule has 1 aromatic carbocycles. The summed E-state index contributed by atoms with van der Waals surface area (Å²) in [5.74, 6) is 0.653. The van der Waals surface area contributed by atoms with Crippen LogP contribution in [0.5, 0.6) is 23.6 Å². The van der Waals surface area contributed by atoms with Gasteiger partial charge in [-0.1, -0.05) is 32.9 Å². The highest BCUT2D eigenvalue weighted by Gasteiger charge is 2.26. The minimum Gasteiger partial charge on any atom is -0.479 e. The van der Waals surface area contributed by atoms with Crippen LogP contribution in [0.1, 0.15) is 36.8 Å². The molecule has 0 bridgehead atoms. The van der Waals surface area contributed by atoms with Gasteiger partial charge in [-0.2, -0.15) is 15.0 Å². The van der Waals surface area contributed by atoms with Gasteiger partial charge in [0, 0.05) is 13.1 Å². The smallest absolute Gasteiger partial charge is 0.399 e. The number of nitrogens with one attached hydrogen (secondary N) is 2. The summed E-state index contributed by atoms with van der Waals surface area (Å²) in [6.07, 6.45) is 1.16. The van der Waals surface area contributed by atoms with E-state index in [0.29, 0.717) is 11.7 Å². The number of rotatable bonds is 8. The average molecular weight is 483 g/mol. The zero-order valence-corrected chi connectivity index (χ0v) is 20.7. The van der Waals surface area contributed by atoms with Crippen molar-refractivity contribution in [3.63, 3.8) is 0 Å². The van der Waals surface area contributed by atoms with Crippen LogP contribution in [0, 0.1) is 0 Å². The van der Waals surface area contributed by atoms with Crippen LogP contribution < -0.4 is 24.8 Å². The van der Waals surface area contributed by atoms with Crippen molar-refractivity contribution in [2.24, 2.45) is 0 Å². The Bertz CT molecular complexity index is 1170. The van der Waals surface area contributed by atoms with E-state index >= 15 is 0 Å². The first kappa shape index (κ1) is 24.3. The summed E-state index contributed by atoms with van der Waals surface area (Å²) in [4.78, 5) is 27.9. The first-order valence-electron chi connectivity index (χ1n) is 11.2. The Kier molecular flexibility index (Phi) is 6.79. The Morgan fingerprint density at radius 1 is 1.11 bits per heavy atom. The Labute approximate surface area is 203 Å². The van der Waals surface area contributed by atoms with Crippen molar-refractivity contribution in [1.82, 2.24) is 19.9 Å². The number of hydrogen-bond donors (Lipinski definition) is 2. The Hall–Kier alpha value is -3.86. The molecule has 3 heterocycles. The molecule has 0 unspecified atom stereocenters. The summed E-state index contributed by atoms with van der Waals surface area (Å²) in [6.45, 7) is 8.09. The van der Waals surface area contributed by atoms with Crippen molar-refractivity contribution in [2.75, 3.05) is 45.0 Å². The lowest BCUT2D eigenvalue weighted by Crippen LogP contribution is -2.52. The number of hydrogen-bond acceptors (Lipinski definition) is 10. The Morgan fingerprint density at radius 3 is 2.40 bits per heavy atom. The van der Waals surface area contributed by atoms with Crippen molar-refractivity contribution in [3.8, 4) is 23.6 Å². The zero-order valence-electron chi connectivity index (χ0n) is 20.7. The molecule has 4 rings (SSSR count). The molecule has 0 aliphatic carbocycles. The number of likely N-dealkylation sites (N-methyl/N-ethyl adjacent to an activating group) is 1. The maximum absolute atomic E-state index is 12.9. The van der Waals surface area contributed by atoms with E-state index in [4.69, 9.17) is 18.6 Å². The minimum absolute atomic E-state index is 0.00999. The van der Waals surface area contributed by atoms with Gasteiger partial charge < -0.3 is 34.2 Å². The van der Waals surface area contributed by atoms with E-state index < -0.39 is 5.91 Å². The molecule has 0 spiro atoms. The van der Waals surface area contributed by atoms with Crippen LogP contribution in [0.2, 0.25) is 0 Å². The number of likely N-dealkylation sites (tertiary alicyclic amines) is 1. The van der Waals surface area contributed by atoms with Crippen LogP contribution in [0.15, 0.2) is 34.9 Å². The van der Waals surface area contributed by atoms with Crippen LogP contribution in [0.4, 0.5) is 11.6 Å². The van der Waals surface area contributed by atoms with Crippen molar-refractivity contribution >= 4 is 17.5 Å². The largest absolute Gasteiger partial charge is 0.479 e. The molecule has 2 aromatic heterocycles. The number of oxazole rings is 1. The van der Waals surface area contributed by atoms with E-state index in [1.165, 1.54) is 20.5 Å². The van der Waals surface area contributed by atoms with Gasteiger partial charge in [0.25, 0.3) is 5.91 Å². The molecule has 0 radical (unpaired) electrons. The fourth-order valence-corrected chi connectivity index (χ4v) is 3.57. The highest BCUT2D eigenvalue weighted by atomic mass is 16.6. The van der Waals surface area contributed by atoms with Gasteiger partial charge in [0.2, 0.25) is 17.7 Å². The average Bonchev–Trinajstić information content (AvgIpc) is 3.26. The molecule has 186 valence electrons. The molecule has 2 N–H and O–H groups in total. The van der Waals surface area contributed by atoms with Crippen molar-refractivity contribution < 1.29 is 23.4 Å². The monoisotopic (exact) mass is 482 g/mol. The van der Waals surface area contributed by atoms with Gasteiger partial charge in [-0.25, -0.2) is 0 Å². The molecule has 0 atom stereocenters. The van der Waals surface area contributed by atoms with E-state index in [0.717, 1.165) is 18.7 Å². The number of amides is 1. The Balaban J connectivity index is 1.48. The molecule has 11 nitrogen and oxygen atoms in total. The predicted molar refractivity (Wildman–Crippen MR) is 130 cm³/mol. The van der Waals surface area contributed by atoms with Crippen LogP contribution in [0.25, 0.3) is 0 Å². The molecule has 1 saturated heterocycles. The molecule has 1 aliphatic rings. The summed E-state index contributed by atoms with van der Waals surface area (Å²) in [6, 6.07) is 7.85. The van der Waals surface area contributed by atoms with E-state index in [-0.39, 0.29) is 40.7 Å². The second kappa shape index (κ2) is 9.79. The van der Waals surface area contributed by atoms with Crippen molar-refractivity contribution in [2.45, 2.75) is 32.2 Å². The number of carbonyl (C=O) groups excluding carboxylic acids is 1. The predicted octanol–water partition coefficient (Wildman–Crippen LogP) is 3.55. The third-order valence-corrected chi connectivity index (χ3v) is 5.49. The first-order valence-corrected chi connectivity index (χ1v) is 11.2. The van der Waals surface area contributed by atoms with Gasteiger partial charge in [0.15, 0.2) is 11.4 Å². The van der Waals surface area contributed by atoms with Crippen LogP contribution >= 0.6 is 0 Å². The second-order valence-electron chi connectivity index (χ2n) is 9.34. The normalized spacial score (nSPS) is 14.2. The fraction of sp³-hybridized carbons (Fsp3) is 0.417. The fourth-order valence-electron chi connectivity index (χ4n) is 3.57. The molecule has 1 amide bonds. The molecule has 1 fully saturated rings. The van der Waals surface area contributed by atoms with Gasteiger partial charge in [-0.3, -0.25) is 4.79 Å². The molecular weight excluding hydrogens is 452 g/mol. The van der Waals surface area contributed by atoms with E-state index in [1.54, 1.807) is 6.07 Å². The summed E-state index contributed by atoms with van der Waals surface area (Å²) in [7, 11) is 4.93. The van der Waals surface area contributed by atoms with Crippen LogP contribution in [-0.4, -0.2) is 66.2 Å². The zero-order chi connectivity index (χ0) is 25.2. The summed E-state index contributed by atoms with van der Waals surface area (Å²) >= 11 is 0. The molecule has 11 heteroatoms. The van der Waals surface area contributed by atoms with E-state index in [9.17, 15) is 4.79 Å². The van der Waals surface area contributed by atoms with E-state index in [1.807, 2.05) is 25.2 Å². The van der Waals surface area contributed by atoms with Crippen LogP contribution in [-0.2, 0) is 5.41 Å². The number of aromatic nitrogens is 3.